The van der Waals surface area contributed by atoms with Crippen LogP contribution in [0, 0.1) is 13.8 Å². The largest absolute Gasteiger partial charge is 0.331 e. The van der Waals surface area contributed by atoms with Crippen LogP contribution in [0.15, 0.2) is 18.2 Å². The zero-order valence-electron chi connectivity index (χ0n) is 12.4. The second-order valence-corrected chi connectivity index (χ2v) is 5.48. The number of likely N-dealkylation sites (tertiary alicyclic amines) is 1. The molecule has 0 aliphatic carbocycles. The van der Waals surface area contributed by atoms with Crippen molar-refractivity contribution in [2.75, 3.05) is 11.9 Å². The Balaban J connectivity index is 2.16. The summed E-state index contributed by atoms with van der Waals surface area (Å²) in [5.41, 5.74) is 2.96. The number of hydrogen-bond donors (Lipinski definition) is 1. The lowest BCUT2D eigenvalue weighted by molar-refractivity contribution is -0.138. The van der Waals surface area contributed by atoms with Crippen LogP contribution in [0.1, 0.15) is 37.3 Å². The van der Waals surface area contributed by atoms with Crippen LogP contribution in [0.25, 0.3) is 0 Å². The molecule has 20 heavy (non-hydrogen) atoms. The van der Waals surface area contributed by atoms with Crippen molar-refractivity contribution in [2.45, 2.75) is 46.1 Å². The lowest BCUT2D eigenvalue weighted by Gasteiger charge is -2.34. The van der Waals surface area contributed by atoms with Crippen molar-refractivity contribution >= 4 is 17.5 Å². The number of benzene rings is 1. The molecule has 1 N–H and O–H groups in total. The summed E-state index contributed by atoms with van der Waals surface area (Å²) in [4.78, 5) is 25.8. The molecule has 1 heterocycles. The van der Waals surface area contributed by atoms with Crippen LogP contribution in [-0.2, 0) is 9.59 Å². The van der Waals surface area contributed by atoms with Crippen molar-refractivity contribution in [3.8, 4) is 0 Å². The fraction of sp³-hybridized carbons (Fsp3) is 0.500. The van der Waals surface area contributed by atoms with Gasteiger partial charge in [0, 0.05) is 19.2 Å². The molecular formula is C16H22N2O2. The predicted molar refractivity (Wildman–Crippen MR) is 79.6 cm³/mol. The van der Waals surface area contributed by atoms with Crippen LogP contribution in [0.5, 0.6) is 0 Å². The summed E-state index contributed by atoms with van der Waals surface area (Å²) in [5, 5.41) is 3.00. The minimum absolute atomic E-state index is 0.0219. The molecular weight excluding hydrogens is 252 g/mol. The number of hydrogen-bond acceptors (Lipinski definition) is 2. The van der Waals surface area contributed by atoms with E-state index in [1.54, 1.807) is 4.90 Å². The summed E-state index contributed by atoms with van der Waals surface area (Å²) in [6.07, 6.45) is 2.72. The Morgan fingerprint density at radius 3 is 2.45 bits per heavy atom. The molecule has 1 fully saturated rings. The number of rotatable bonds is 2. The van der Waals surface area contributed by atoms with Crippen LogP contribution in [0.2, 0.25) is 0 Å². The molecule has 0 radical (unpaired) electrons. The van der Waals surface area contributed by atoms with Crippen molar-refractivity contribution in [1.29, 1.82) is 0 Å². The third-order valence-electron chi connectivity index (χ3n) is 3.94. The molecule has 4 heteroatoms. The summed E-state index contributed by atoms with van der Waals surface area (Å²) in [6.45, 7) is 6.17. The average molecular weight is 274 g/mol. The number of anilines is 1. The average Bonchev–Trinajstić information content (AvgIpc) is 2.43. The molecule has 1 aliphatic rings. The number of carbonyl (C=O) groups is 2. The Bertz CT molecular complexity index is 505. The molecule has 0 aromatic heterocycles. The first-order valence-corrected chi connectivity index (χ1v) is 7.15. The van der Waals surface area contributed by atoms with Crippen LogP contribution in [0.3, 0.4) is 0 Å². The zero-order chi connectivity index (χ0) is 14.7. The van der Waals surface area contributed by atoms with Gasteiger partial charge in [0.05, 0.1) is 0 Å². The number of carbonyl (C=O) groups excluding carboxylic acids is 2. The Morgan fingerprint density at radius 2 is 1.85 bits per heavy atom. The minimum atomic E-state index is -0.333. The van der Waals surface area contributed by atoms with Crippen molar-refractivity contribution in [1.82, 2.24) is 4.90 Å². The van der Waals surface area contributed by atoms with Crippen molar-refractivity contribution < 1.29 is 9.59 Å². The molecule has 1 saturated heterocycles. The van der Waals surface area contributed by atoms with Crippen LogP contribution < -0.4 is 5.32 Å². The summed E-state index contributed by atoms with van der Waals surface area (Å²) < 4.78 is 0. The van der Waals surface area contributed by atoms with E-state index in [0.717, 1.165) is 36.1 Å². The molecule has 1 aromatic carbocycles. The van der Waals surface area contributed by atoms with Crippen LogP contribution in [0.4, 0.5) is 5.69 Å². The lowest BCUT2D eigenvalue weighted by atomic mass is 10.0. The van der Waals surface area contributed by atoms with Gasteiger partial charge in [0.1, 0.15) is 6.04 Å². The van der Waals surface area contributed by atoms with Gasteiger partial charge in [-0.25, -0.2) is 0 Å². The fourth-order valence-corrected chi connectivity index (χ4v) is 2.80. The van der Waals surface area contributed by atoms with Crippen LogP contribution in [-0.4, -0.2) is 29.3 Å². The van der Waals surface area contributed by atoms with Gasteiger partial charge in [0.25, 0.3) is 0 Å². The zero-order valence-corrected chi connectivity index (χ0v) is 12.4. The van der Waals surface area contributed by atoms with Gasteiger partial charge in [-0.2, -0.15) is 0 Å². The Morgan fingerprint density at radius 1 is 1.20 bits per heavy atom. The lowest BCUT2D eigenvalue weighted by Crippen LogP contribution is -2.49. The van der Waals surface area contributed by atoms with Gasteiger partial charge >= 0.3 is 0 Å². The molecule has 4 nitrogen and oxygen atoms in total. The normalized spacial score (nSPS) is 18.8. The maximum atomic E-state index is 12.5. The van der Waals surface area contributed by atoms with Crippen LogP contribution >= 0.6 is 0 Å². The Kier molecular flexibility index (Phi) is 4.42. The standard InChI is InChI=1S/C16H22N2O2/c1-11-7-6-8-12(2)15(11)17-16(20)14-9-4-5-10-18(14)13(3)19/h6-8,14H,4-5,9-10H2,1-3H3,(H,17,20)/t14-/m1/s1. The maximum absolute atomic E-state index is 12.5. The number of para-hydroxylation sites is 1. The minimum Gasteiger partial charge on any atom is -0.331 e. The van der Waals surface area contributed by atoms with Crippen molar-refractivity contribution in [2.24, 2.45) is 0 Å². The highest BCUT2D eigenvalue weighted by molar-refractivity contribution is 5.98. The van der Waals surface area contributed by atoms with E-state index in [4.69, 9.17) is 0 Å². The number of amides is 2. The van der Waals surface area contributed by atoms with Gasteiger partial charge in [0.15, 0.2) is 0 Å². The molecule has 1 aromatic rings. The molecule has 0 bridgehead atoms. The predicted octanol–water partition coefficient (Wildman–Crippen LogP) is 2.64. The maximum Gasteiger partial charge on any atom is 0.247 e. The molecule has 0 spiro atoms. The molecule has 1 atom stereocenters. The number of nitrogens with one attached hydrogen (secondary N) is 1. The summed E-state index contributed by atoms with van der Waals surface area (Å²) in [6, 6.07) is 5.60. The van der Waals surface area contributed by atoms with Gasteiger partial charge in [-0.3, -0.25) is 9.59 Å². The smallest absolute Gasteiger partial charge is 0.247 e. The van der Waals surface area contributed by atoms with E-state index in [2.05, 4.69) is 5.32 Å². The van der Waals surface area contributed by atoms with E-state index in [9.17, 15) is 9.59 Å². The highest BCUT2D eigenvalue weighted by atomic mass is 16.2. The molecule has 2 rings (SSSR count). The SMILES string of the molecule is CC(=O)N1CCCC[C@@H]1C(=O)Nc1c(C)cccc1C. The number of piperidine rings is 1. The first-order chi connectivity index (χ1) is 9.50. The van der Waals surface area contributed by atoms with E-state index in [1.807, 2.05) is 32.0 Å². The monoisotopic (exact) mass is 274 g/mol. The summed E-state index contributed by atoms with van der Waals surface area (Å²) in [5.74, 6) is -0.0938. The van der Waals surface area contributed by atoms with Gasteiger partial charge < -0.3 is 10.2 Å². The molecule has 2 amide bonds. The van der Waals surface area contributed by atoms with Crippen molar-refractivity contribution in [3.63, 3.8) is 0 Å². The first kappa shape index (κ1) is 14.6. The summed E-state index contributed by atoms with van der Waals surface area (Å²) >= 11 is 0. The first-order valence-electron chi connectivity index (χ1n) is 7.15. The highest BCUT2D eigenvalue weighted by Gasteiger charge is 2.30. The molecule has 1 aliphatic heterocycles. The number of nitrogens with zero attached hydrogens (tertiary/aromatic N) is 1. The highest BCUT2D eigenvalue weighted by Crippen LogP contribution is 2.23. The quantitative estimate of drug-likeness (QED) is 0.901. The Hall–Kier alpha value is -1.84. The number of aryl methyl sites for hydroxylation is 2. The van der Waals surface area contributed by atoms with E-state index in [-0.39, 0.29) is 17.9 Å². The molecule has 0 unspecified atom stereocenters. The van der Waals surface area contributed by atoms with Gasteiger partial charge in [0.2, 0.25) is 11.8 Å². The summed E-state index contributed by atoms with van der Waals surface area (Å²) in [7, 11) is 0. The third-order valence-corrected chi connectivity index (χ3v) is 3.94. The van der Waals surface area contributed by atoms with Crippen molar-refractivity contribution in [3.05, 3.63) is 29.3 Å². The fourth-order valence-electron chi connectivity index (χ4n) is 2.80. The topological polar surface area (TPSA) is 49.4 Å². The molecule has 0 saturated carbocycles. The Labute approximate surface area is 120 Å². The van der Waals surface area contributed by atoms with E-state index < -0.39 is 0 Å². The second-order valence-electron chi connectivity index (χ2n) is 5.48. The van der Waals surface area contributed by atoms with Gasteiger partial charge in [-0.15, -0.1) is 0 Å². The van der Waals surface area contributed by atoms with E-state index >= 15 is 0 Å². The van der Waals surface area contributed by atoms with E-state index in [1.165, 1.54) is 6.92 Å². The van der Waals surface area contributed by atoms with E-state index in [0.29, 0.717) is 6.54 Å². The van der Waals surface area contributed by atoms with Gasteiger partial charge in [-0.05, 0) is 44.2 Å². The molecule has 108 valence electrons. The second kappa shape index (κ2) is 6.07. The van der Waals surface area contributed by atoms with Gasteiger partial charge in [-0.1, -0.05) is 18.2 Å². The third kappa shape index (κ3) is 3.00.